The molecule has 2 aromatic rings. The Labute approximate surface area is 452 Å². The van der Waals surface area contributed by atoms with Crippen molar-refractivity contribution in [2.75, 3.05) is 47.2 Å². The Morgan fingerprint density at radius 2 is 1.57 bits per heavy atom. The van der Waals surface area contributed by atoms with Crippen LogP contribution in [-0.4, -0.2) is 185 Å². The molecule has 1 aromatic heterocycles. The molecule has 3 aliphatic rings. The highest BCUT2D eigenvalue weighted by molar-refractivity contribution is 7.99. The Morgan fingerprint density at radius 3 is 2.17 bits per heavy atom. The highest BCUT2D eigenvalue weighted by Gasteiger charge is 2.55. The van der Waals surface area contributed by atoms with Crippen LogP contribution in [-0.2, 0) is 58.8 Å². The number of benzene rings is 1. The van der Waals surface area contributed by atoms with Crippen molar-refractivity contribution in [3.63, 3.8) is 0 Å². The minimum absolute atomic E-state index is 0.0381. The summed E-state index contributed by atoms with van der Waals surface area (Å²) in [5.74, 6) is -5.94. The van der Waals surface area contributed by atoms with Crippen molar-refractivity contribution in [3.8, 4) is 0 Å². The van der Waals surface area contributed by atoms with E-state index in [0.717, 1.165) is 4.90 Å². The van der Waals surface area contributed by atoms with Crippen LogP contribution in [0.2, 0.25) is 0 Å². The van der Waals surface area contributed by atoms with E-state index in [1.54, 1.807) is 70.0 Å². The maximum absolute atomic E-state index is 14.6. The van der Waals surface area contributed by atoms with Gasteiger partial charge in [-0.2, -0.15) is 0 Å². The summed E-state index contributed by atoms with van der Waals surface area (Å²) < 4.78 is 53.0. The number of aryl methyl sites for hydroxylation is 1. The number of cyclic esters (lactones) is 1. The predicted octanol–water partition coefficient (Wildman–Crippen LogP) is 4.80. The van der Waals surface area contributed by atoms with E-state index in [1.165, 1.54) is 34.3 Å². The fraction of sp³-hybridized carbons (Fsp3) is 0.764. The van der Waals surface area contributed by atoms with Gasteiger partial charge in [0.2, 0.25) is 5.43 Å². The number of ether oxygens (including phenoxy) is 8. The number of carboxylic acid groups (broad SMARTS) is 1. The first-order chi connectivity index (χ1) is 35.6. The lowest BCUT2D eigenvalue weighted by molar-refractivity contribution is -0.320. The third-order valence-electron chi connectivity index (χ3n) is 16.2. The van der Waals surface area contributed by atoms with Gasteiger partial charge in [-0.15, -0.1) is 11.8 Å². The Morgan fingerprint density at radius 1 is 0.908 bits per heavy atom. The summed E-state index contributed by atoms with van der Waals surface area (Å²) in [7, 11) is 6.72. The number of likely N-dealkylation sites (N-methyl/N-ethyl adjacent to an activating group) is 1. The van der Waals surface area contributed by atoms with Gasteiger partial charge in [0, 0.05) is 86.3 Å². The zero-order chi connectivity index (χ0) is 56.8. The maximum atomic E-state index is 14.6. The lowest BCUT2D eigenvalue weighted by atomic mass is 9.74. The van der Waals surface area contributed by atoms with Gasteiger partial charge in [0.25, 0.3) is 0 Å². The van der Waals surface area contributed by atoms with Crippen LogP contribution in [0.1, 0.15) is 119 Å². The zero-order valence-electron chi connectivity index (χ0n) is 47.2. The molecule has 3 aliphatic heterocycles. The van der Waals surface area contributed by atoms with Crippen molar-refractivity contribution in [1.29, 1.82) is 0 Å². The van der Waals surface area contributed by atoms with E-state index < -0.39 is 119 Å². The zero-order valence-corrected chi connectivity index (χ0v) is 48.0. The van der Waals surface area contributed by atoms with Crippen molar-refractivity contribution in [2.24, 2.45) is 23.7 Å². The van der Waals surface area contributed by atoms with E-state index in [-0.39, 0.29) is 49.2 Å². The van der Waals surface area contributed by atoms with E-state index in [4.69, 9.17) is 37.9 Å². The van der Waals surface area contributed by atoms with Crippen LogP contribution in [0.5, 0.6) is 0 Å². The number of fused-ring (bicyclic) bond motifs is 1. The summed E-state index contributed by atoms with van der Waals surface area (Å²) in [4.78, 5) is 69.5. The molecular formula is C55H87N3O17S. The first-order valence-electron chi connectivity index (χ1n) is 26.7. The van der Waals surface area contributed by atoms with Gasteiger partial charge >= 0.3 is 17.9 Å². The number of methoxy groups -OCH3 is 2. The summed E-state index contributed by atoms with van der Waals surface area (Å²) in [6, 6.07) is 4.98. The molecule has 0 bridgehead atoms. The second kappa shape index (κ2) is 26.6. The highest BCUT2D eigenvalue weighted by Crippen LogP contribution is 2.42. The number of hydrogen-bond acceptors (Lipinski definition) is 19. The number of pyridine rings is 1. The van der Waals surface area contributed by atoms with Gasteiger partial charge in [0.15, 0.2) is 18.7 Å². The summed E-state index contributed by atoms with van der Waals surface area (Å²) >= 11 is 1.55. The molecular weight excluding hydrogens is 1010 g/mol. The molecule has 0 amide bonds. The fourth-order valence-electron chi connectivity index (χ4n) is 11.4. The van der Waals surface area contributed by atoms with Crippen LogP contribution >= 0.6 is 11.8 Å². The third kappa shape index (κ3) is 14.2. The first-order valence-corrected chi connectivity index (χ1v) is 27.7. The molecule has 430 valence electrons. The normalized spacial score (nSPS) is 37.2. The predicted molar refractivity (Wildman–Crippen MR) is 284 cm³/mol. The van der Waals surface area contributed by atoms with Gasteiger partial charge in [-0.3, -0.25) is 19.2 Å². The minimum atomic E-state index is -2.03. The molecule has 21 heteroatoms. The van der Waals surface area contributed by atoms with E-state index in [9.17, 15) is 44.4 Å². The Kier molecular flexibility index (Phi) is 22.1. The Bertz CT molecular complexity index is 2370. The van der Waals surface area contributed by atoms with Crippen LogP contribution in [0.3, 0.4) is 0 Å². The second-order valence-electron chi connectivity index (χ2n) is 22.1. The number of Topliss-reactive ketones (excluding diaryl/α,β-unsaturated/α-hetero) is 1. The topological polar surface area (TPSA) is 260 Å². The number of hydrogen-bond donors (Lipinski definition) is 5. The number of carboxylic acids is 1. The minimum Gasteiger partial charge on any atom is -0.477 e. The standard InChI is InChI=1S/C55H87N3O17S/c1-16-40-55(11,67)47(63)31(5)43(60)29(3)26-53(9,68-14)48(75-52-45(62)39(57(12)13)24-30(4)70-52)32(6)46(33(7)51(66)72-40)74-42-27-54(10,69-15)49(34(8)71-42)73-41(59)20-21-56-22-23-76-35-18-19-36-38(25-35)58(17-2)28-37(44(36)61)50(64)65/h18-19,25,28-34,39-40,42,45-49,52,56,62-63,67H,16-17,20-24,26-27H2,1-15H3,(H,64,65)/t29-,30-,31-,32+,33+,34+,39+,40-,42-,45?,46+,47+,48-,49-,52+,53?,54?,55?/m0/s1. The van der Waals surface area contributed by atoms with E-state index in [2.05, 4.69) is 5.32 Å². The first kappa shape index (κ1) is 63.3. The number of carbonyl (C=O) groups is 4. The molecule has 0 radical (unpaired) electrons. The molecule has 18 atom stereocenters. The number of esters is 2. The molecule has 1 aromatic carbocycles. The Hall–Kier alpha value is -3.58. The number of nitrogens with zero attached hydrogens (tertiary/aromatic N) is 2. The molecule has 20 nitrogen and oxygen atoms in total. The van der Waals surface area contributed by atoms with Crippen molar-refractivity contribution < 1.29 is 77.5 Å². The number of aliphatic hydroxyl groups excluding tert-OH is 2. The maximum Gasteiger partial charge on any atom is 0.341 e. The summed E-state index contributed by atoms with van der Waals surface area (Å²) in [6.07, 6.45) is -8.16. The van der Waals surface area contributed by atoms with Crippen molar-refractivity contribution >= 4 is 46.4 Å². The van der Waals surface area contributed by atoms with Gasteiger partial charge in [0.05, 0.1) is 54.0 Å². The number of ketones is 1. The molecule has 76 heavy (non-hydrogen) atoms. The summed E-state index contributed by atoms with van der Waals surface area (Å²) in [6.45, 7) is 20.2. The number of thioether (sulfide) groups is 1. The van der Waals surface area contributed by atoms with Crippen molar-refractivity contribution in [1.82, 2.24) is 14.8 Å². The number of aromatic carboxylic acids is 1. The van der Waals surface area contributed by atoms with Gasteiger partial charge in [-0.05, 0) is 100 Å². The number of carbonyl (C=O) groups excluding carboxylic acids is 3. The molecule has 5 rings (SSSR count). The van der Waals surface area contributed by atoms with Crippen LogP contribution in [0, 0.1) is 23.7 Å². The van der Waals surface area contributed by atoms with Crippen LogP contribution in [0.4, 0.5) is 0 Å². The van der Waals surface area contributed by atoms with E-state index in [0.29, 0.717) is 42.7 Å². The lowest BCUT2D eigenvalue weighted by Crippen LogP contribution is -2.61. The van der Waals surface area contributed by atoms with Crippen LogP contribution < -0.4 is 10.7 Å². The smallest absolute Gasteiger partial charge is 0.341 e. The van der Waals surface area contributed by atoms with Gasteiger partial charge in [-0.25, -0.2) is 4.79 Å². The van der Waals surface area contributed by atoms with Gasteiger partial charge in [-0.1, -0.05) is 27.7 Å². The van der Waals surface area contributed by atoms with Crippen molar-refractivity contribution in [3.05, 3.63) is 40.2 Å². The van der Waals surface area contributed by atoms with Crippen molar-refractivity contribution in [2.45, 2.75) is 204 Å². The quantitative estimate of drug-likeness (QED) is 0.0763. The molecule has 4 heterocycles. The third-order valence-corrected chi connectivity index (χ3v) is 17.2. The molecule has 0 saturated carbocycles. The molecule has 5 N–H and O–H groups in total. The van der Waals surface area contributed by atoms with E-state index >= 15 is 0 Å². The molecule has 3 fully saturated rings. The molecule has 0 spiro atoms. The number of nitrogens with one attached hydrogen (secondary N) is 1. The fourth-order valence-corrected chi connectivity index (χ4v) is 12.3. The average molecular weight is 1090 g/mol. The number of aliphatic hydroxyl groups is 3. The SMILES string of the molecule is CC[C@@H]1OC(=O)[C@H](C)[C@H](O[C@H]2CC(C)(OC)[C@@H](OC(=O)CCNCCSc3ccc4c(=O)c(C(=O)O)cn(CC)c4c3)[C@@H](C)O2)[C@@H](C)[C@H](O[C@H]2O[C@@H](C)C[C@@H](N(C)C)C2O)C(C)(OC)C[C@H](C)C(=O)[C@H](C)[C@@H](O)C1(C)O. The summed E-state index contributed by atoms with van der Waals surface area (Å²) in [5, 5.41) is 48.4. The number of rotatable bonds is 18. The largest absolute Gasteiger partial charge is 0.477 e. The molecule has 4 unspecified atom stereocenters. The van der Waals surface area contributed by atoms with Crippen LogP contribution in [0.25, 0.3) is 10.9 Å². The molecule has 3 saturated heterocycles. The average Bonchev–Trinajstić information content (AvgIpc) is 3.37. The van der Waals surface area contributed by atoms with Gasteiger partial charge < -0.3 is 73.1 Å². The van der Waals surface area contributed by atoms with E-state index in [1.807, 2.05) is 45.8 Å². The lowest BCUT2D eigenvalue weighted by Gasteiger charge is -2.50. The molecule has 0 aliphatic carbocycles. The number of aromatic nitrogens is 1. The second-order valence-corrected chi connectivity index (χ2v) is 23.3. The Balaban J connectivity index is 1.35. The monoisotopic (exact) mass is 1090 g/mol. The summed E-state index contributed by atoms with van der Waals surface area (Å²) in [5.41, 5.74) is -4.66. The van der Waals surface area contributed by atoms with Crippen LogP contribution in [0.15, 0.2) is 34.1 Å². The van der Waals surface area contributed by atoms with Gasteiger partial charge in [0.1, 0.15) is 34.8 Å². The highest BCUT2D eigenvalue weighted by atomic mass is 32.2.